The molecular formula is C9H9N5O2. The molecule has 0 saturated carbocycles. The molecule has 0 bridgehead atoms. The Bertz CT molecular complexity index is 522. The fourth-order valence-electron chi connectivity index (χ4n) is 1.16. The van der Waals surface area contributed by atoms with E-state index in [1.54, 1.807) is 24.1 Å². The molecule has 16 heavy (non-hydrogen) atoms. The molecule has 0 aromatic carbocycles. The van der Waals surface area contributed by atoms with Crippen LogP contribution < -0.4 is 5.32 Å². The van der Waals surface area contributed by atoms with Gasteiger partial charge in [0.05, 0.1) is 24.3 Å². The number of nitrogens with one attached hydrogen (secondary N) is 1. The lowest BCUT2D eigenvalue weighted by Gasteiger charge is -2.01. The summed E-state index contributed by atoms with van der Waals surface area (Å²) in [6.45, 7) is 0. The standard InChI is InChI=1S/C9H9N5O2/c1-14-5-6(2-11-14)12-8-4-10-3-7(13-8)9(15)16/h2-5H,1H3,(H,12,13)(H,15,16). The van der Waals surface area contributed by atoms with Crippen LogP contribution in [0.25, 0.3) is 0 Å². The van der Waals surface area contributed by atoms with E-state index in [2.05, 4.69) is 20.4 Å². The fourth-order valence-corrected chi connectivity index (χ4v) is 1.16. The van der Waals surface area contributed by atoms with Gasteiger partial charge in [0.2, 0.25) is 0 Å². The highest BCUT2D eigenvalue weighted by Gasteiger charge is 2.06. The third kappa shape index (κ3) is 2.14. The molecule has 82 valence electrons. The summed E-state index contributed by atoms with van der Waals surface area (Å²) in [5.74, 6) is -0.741. The van der Waals surface area contributed by atoms with Crippen LogP contribution in [0.5, 0.6) is 0 Å². The fraction of sp³-hybridized carbons (Fsp3) is 0.111. The number of aryl methyl sites for hydroxylation is 1. The van der Waals surface area contributed by atoms with Gasteiger partial charge in [0.1, 0.15) is 5.82 Å². The summed E-state index contributed by atoms with van der Waals surface area (Å²) < 4.78 is 1.62. The second-order valence-electron chi connectivity index (χ2n) is 3.12. The summed E-state index contributed by atoms with van der Waals surface area (Å²) in [4.78, 5) is 18.3. The summed E-state index contributed by atoms with van der Waals surface area (Å²) in [7, 11) is 1.78. The number of carboxylic acid groups (broad SMARTS) is 1. The topological polar surface area (TPSA) is 92.9 Å². The molecule has 2 heterocycles. The van der Waals surface area contributed by atoms with Crippen molar-refractivity contribution in [3.8, 4) is 0 Å². The average Bonchev–Trinajstić information content (AvgIpc) is 2.64. The minimum Gasteiger partial charge on any atom is -0.476 e. The van der Waals surface area contributed by atoms with Gasteiger partial charge in [-0.05, 0) is 0 Å². The second kappa shape index (κ2) is 3.97. The summed E-state index contributed by atoms with van der Waals surface area (Å²) in [6, 6.07) is 0. The van der Waals surface area contributed by atoms with Crippen molar-refractivity contribution in [1.29, 1.82) is 0 Å². The van der Waals surface area contributed by atoms with E-state index in [1.807, 2.05) is 0 Å². The lowest BCUT2D eigenvalue weighted by atomic mass is 10.4. The highest BCUT2D eigenvalue weighted by Crippen LogP contribution is 2.11. The van der Waals surface area contributed by atoms with E-state index in [0.717, 1.165) is 5.69 Å². The van der Waals surface area contributed by atoms with Gasteiger partial charge in [0.15, 0.2) is 5.69 Å². The summed E-state index contributed by atoms with van der Waals surface area (Å²) in [5, 5.41) is 15.6. The molecule has 2 rings (SSSR count). The molecule has 0 aliphatic heterocycles. The SMILES string of the molecule is Cn1cc(Nc2cncc(C(=O)O)n2)cn1. The van der Waals surface area contributed by atoms with Gasteiger partial charge in [-0.25, -0.2) is 9.78 Å². The molecule has 2 aromatic heterocycles. The maximum Gasteiger partial charge on any atom is 0.356 e. The Kier molecular flexibility index (Phi) is 2.50. The summed E-state index contributed by atoms with van der Waals surface area (Å²) in [5.41, 5.74) is 0.619. The lowest BCUT2D eigenvalue weighted by molar-refractivity contribution is 0.0690. The van der Waals surface area contributed by atoms with Crippen molar-refractivity contribution in [1.82, 2.24) is 19.7 Å². The van der Waals surface area contributed by atoms with Gasteiger partial charge in [-0.3, -0.25) is 9.67 Å². The van der Waals surface area contributed by atoms with Crippen LogP contribution in [-0.4, -0.2) is 30.8 Å². The third-order valence-corrected chi connectivity index (χ3v) is 1.83. The van der Waals surface area contributed by atoms with Crippen molar-refractivity contribution in [3.05, 3.63) is 30.5 Å². The lowest BCUT2D eigenvalue weighted by Crippen LogP contribution is -2.03. The average molecular weight is 219 g/mol. The predicted octanol–water partition coefficient (Wildman–Crippen LogP) is 0.652. The molecule has 0 unspecified atom stereocenters. The molecule has 2 aromatic rings. The van der Waals surface area contributed by atoms with Crippen LogP contribution in [0.15, 0.2) is 24.8 Å². The number of carboxylic acids is 1. The van der Waals surface area contributed by atoms with Gasteiger partial charge in [0.25, 0.3) is 0 Å². The minimum absolute atomic E-state index is 0.103. The molecule has 0 radical (unpaired) electrons. The molecule has 0 aliphatic rings. The Morgan fingerprint density at radius 1 is 1.44 bits per heavy atom. The summed E-state index contributed by atoms with van der Waals surface area (Å²) in [6.07, 6.45) is 5.99. The maximum absolute atomic E-state index is 10.7. The normalized spacial score (nSPS) is 10.1. The summed E-state index contributed by atoms with van der Waals surface area (Å²) >= 11 is 0. The number of nitrogens with zero attached hydrogens (tertiary/aromatic N) is 4. The Morgan fingerprint density at radius 2 is 2.25 bits per heavy atom. The van der Waals surface area contributed by atoms with Gasteiger partial charge in [0, 0.05) is 13.2 Å². The van der Waals surface area contributed by atoms with Gasteiger partial charge in [-0.15, -0.1) is 0 Å². The van der Waals surface area contributed by atoms with Crippen LogP contribution in [0.2, 0.25) is 0 Å². The number of aromatic carboxylic acids is 1. The smallest absolute Gasteiger partial charge is 0.356 e. The van der Waals surface area contributed by atoms with Crippen molar-refractivity contribution >= 4 is 17.5 Å². The first-order valence-corrected chi connectivity index (χ1v) is 4.46. The van der Waals surface area contributed by atoms with E-state index in [4.69, 9.17) is 5.11 Å². The van der Waals surface area contributed by atoms with Crippen LogP contribution >= 0.6 is 0 Å². The number of carbonyl (C=O) groups is 1. The van der Waals surface area contributed by atoms with Crippen molar-refractivity contribution in [2.24, 2.45) is 7.05 Å². The molecule has 0 amide bonds. The molecule has 0 spiro atoms. The highest BCUT2D eigenvalue weighted by atomic mass is 16.4. The zero-order valence-electron chi connectivity index (χ0n) is 8.45. The Morgan fingerprint density at radius 3 is 2.88 bits per heavy atom. The first kappa shape index (κ1) is 10.1. The van der Waals surface area contributed by atoms with E-state index in [1.165, 1.54) is 12.4 Å². The van der Waals surface area contributed by atoms with E-state index in [9.17, 15) is 4.79 Å². The van der Waals surface area contributed by atoms with Gasteiger partial charge < -0.3 is 10.4 Å². The van der Waals surface area contributed by atoms with Crippen LogP contribution in [0.1, 0.15) is 10.5 Å². The number of hydrogen-bond donors (Lipinski definition) is 2. The van der Waals surface area contributed by atoms with Crippen LogP contribution in [-0.2, 0) is 7.05 Å². The molecule has 0 fully saturated rings. The molecule has 0 saturated heterocycles. The predicted molar refractivity (Wildman–Crippen MR) is 55.5 cm³/mol. The Balaban J connectivity index is 2.21. The third-order valence-electron chi connectivity index (χ3n) is 1.83. The first-order valence-electron chi connectivity index (χ1n) is 4.46. The number of hydrogen-bond acceptors (Lipinski definition) is 5. The van der Waals surface area contributed by atoms with Crippen LogP contribution in [0, 0.1) is 0 Å². The Labute approximate surface area is 90.8 Å². The largest absolute Gasteiger partial charge is 0.476 e. The van der Waals surface area contributed by atoms with Gasteiger partial charge in [-0.2, -0.15) is 5.10 Å². The van der Waals surface area contributed by atoms with Crippen molar-refractivity contribution in [2.75, 3.05) is 5.32 Å². The van der Waals surface area contributed by atoms with E-state index >= 15 is 0 Å². The highest BCUT2D eigenvalue weighted by molar-refractivity contribution is 5.85. The van der Waals surface area contributed by atoms with E-state index < -0.39 is 5.97 Å². The minimum atomic E-state index is -1.11. The quantitative estimate of drug-likeness (QED) is 0.787. The molecule has 7 heteroatoms. The number of aromatic nitrogens is 4. The zero-order valence-corrected chi connectivity index (χ0v) is 8.45. The van der Waals surface area contributed by atoms with Gasteiger partial charge in [-0.1, -0.05) is 0 Å². The zero-order chi connectivity index (χ0) is 11.5. The molecular weight excluding hydrogens is 210 g/mol. The van der Waals surface area contributed by atoms with Crippen molar-refractivity contribution in [3.63, 3.8) is 0 Å². The van der Waals surface area contributed by atoms with Crippen LogP contribution in [0.4, 0.5) is 11.5 Å². The van der Waals surface area contributed by atoms with Crippen LogP contribution in [0.3, 0.4) is 0 Å². The molecule has 2 N–H and O–H groups in total. The molecule has 0 aliphatic carbocycles. The van der Waals surface area contributed by atoms with E-state index in [0.29, 0.717) is 5.82 Å². The number of anilines is 2. The monoisotopic (exact) mass is 219 g/mol. The maximum atomic E-state index is 10.7. The van der Waals surface area contributed by atoms with E-state index in [-0.39, 0.29) is 5.69 Å². The molecule has 7 nitrogen and oxygen atoms in total. The van der Waals surface area contributed by atoms with Crippen molar-refractivity contribution in [2.45, 2.75) is 0 Å². The Hall–Kier alpha value is -2.44. The first-order chi connectivity index (χ1) is 7.65. The van der Waals surface area contributed by atoms with Gasteiger partial charge >= 0.3 is 5.97 Å². The number of rotatable bonds is 3. The molecule has 0 atom stereocenters. The van der Waals surface area contributed by atoms with Crippen molar-refractivity contribution < 1.29 is 9.90 Å². The second-order valence-corrected chi connectivity index (χ2v) is 3.12.